The van der Waals surface area contributed by atoms with Crippen LogP contribution >= 0.6 is 12.6 Å². The van der Waals surface area contributed by atoms with Crippen molar-refractivity contribution in [1.29, 1.82) is 0 Å². The largest absolute Gasteiger partial charge is 0.412 e. The van der Waals surface area contributed by atoms with Crippen molar-refractivity contribution < 1.29 is 11.0 Å². The van der Waals surface area contributed by atoms with Gasteiger partial charge in [-0.15, -0.1) is 0 Å². The van der Waals surface area contributed by atoms with Crippen molar-refractivity contribution in [3.05, 3.63) is 0 Å². The maximum Gasteiger partial charge on any atom is -0.00227 e. The smallest absolute Gasteiger partial charge is 0.00227 e. The fraction of sp³-hybridized carbons (Fsp3) is 1.00. The van der Waals surface area contributed by atoms with E-state index in [1.165, 1.54) is 19.5 Å². The summed E-state index contributed by atoms with van der Waals surface area (Å²) in [6.07, 6.45) is 3.07. The minimum Gasteiger partial charge on any atom is -0.412 e. The number of hydrogen-bond acceptors (Lipinski definition) is 2. The van der Waals surface area contributed by atoms with Gasteiger partial charge in [-0.1, -0.05) is 6.92 Å². The summed E-state index contributed by atoms with van der Waals surface area (Å²) in [4.78, 5) is 0. The minimum absolute atomic E-state index is 0. The molecule has 1 heterocycles. The summed E-state index contributed by atoms with van der Waals surface area (Å²) in [6.45, 7) is 4.75. The van der Waals surface area contributed by atoms with Crippen molar-refractivity contribution in [3.8, 4) is 0 Å². The highest BCUT2D eigenvalue weighted by atomic mass is 32.1. The lowest BCUT2D eigenvalue weighted by molar-refractivity contribution is 0.651. The molecule has 3 nitrogen and oxygen atoms in total. The van der Waals surface area contributed by atoms with Gasteiger partial charge in [0, 0.05) is 0 Å². The second-order valence-corrected chi connectivity index (χ2v) is 2.10. The van der Waals surface area contributed by atoms with Crippen molar-refractivity contribution in [2.24, 2.45) is 5.92 Å². The van der Waals surface area contributed by atoms with Gasteiger partial charge in [0.05, 0.1) is 0 Å². The maximum absolute atomic E-state index is 3.53. The number of nitrogens with one attached hydrogen (secondary N) is 1. The predicted molar refractivity (Wildman–Crippen MR) is 48.8 cm³/mol. The van der Waals surface area contributed by atoms with E-state index in [9.17, 15) is 0 Å². The minimum atomic E-state index is 0. The van der Waals surface area contributed by atoms with Crippen LogP contribution in [0.3, 0.4) is 0 Å². The van der Waals surface area contributed by atoms with Crippen LogP contribution in [0.1, 0.15) is 13.3 Å². The summed E-state index contributed by atoms with van der Waals surface area (Å²) in [5, 5.41) is 3.27. The molecule has 5 N–H and O–H groups in total. The summed E-state index contributed by atoms with van der Waals surface area (Å²) in [5.74, 6) is 0.935. The van der Waals surface area contributed by atoms with Gasteiger partial charge in [-0.3, -0.25) is 0 Å². The van der Waals surface area contributed by atoms with Gasteiger partial charge in [0.25, 0.3) is 0 Å². The quantitative estimate of drug-likeness (QED) is 0.472. The summed E-state index contributed by atoms with van der Waals surface area (Å²) in [6, 6.07) is 0. The molecule has 0 spiro atoms. The third-order valence-corrected chi connectivity index (χ3v) is 1.31. The van der Waals surface area contributed by atoms with Crippen LogP contribution in [0, 0.1) is 5.92 Å². The van der Waals surface area contributed by atoms with E-state index in [0.717, 1.165) is 5.92 Å². The second kappa shape index (κ2) is 12.0. The molecule has 4 heteroatoms. The van der Waals surface area contributed by atoms with Crippen LogP contribution in [0.5, 0.6) is 0 Å². The molecular weight excluding hydrogens is 150 g/mol. The first-order chi connectivity index (χ1) is 3.89. The van der Waals surface area contributed by atoms with Crippen LogP contribution in [0.25, 0.3) is 0 Å². The molecule has 1 unspecified atom stereocenters. The molecule has 0 radical (unpaired) electrons. The molecule has 0 aromatic carbocycles. The molecule has 0 aliphatic carbocycles. The fourth-order valence-electron chi connectivity index (χ4n) is 0.799. The normalized spacial score (nSPS) is 21.3. The molecule has 1 aliphatic rings. The average molecular weight is 169 g/mol. The molecular formula is C6H19NO2S. The summed E-state index contributed by atoms with van der Waals surface area (Å²) >= 11 is 3.53. The Labute approximate surface area is 68.2 Å². The van der Waals surface area contributed by atoms with Crippen molar-refractivity contribution >= 4 is 12.6 Å². The zero-order valence-corrected chi connectivity index (χ0v) is 7.54. The van der Waals surface area contributed by atoms with Gasteiger partial charge in [0.1, 0.15) is 0 Å². The third kappa shape index (κ3) is 8.23. The van der Waals surface area contributed by atoms with E-state index in [1.807, 2.05) is 0 Å². The number of thiol groups is 1. The van der Waals surface area contributed by atoms with E-state index < -0.39 is 0 Å². The molecule has 1 saturated heterocycles. The van der Waals surface area contributed by atoms with Gasteiger partial charge < -0.3 is 16.3 Å². The molecule has 0 aromatic rings. The maximum atomic E-state index is 3.53. The molecule has 0 bridgehead atoms. The topological polar surface area (TPSA) is 75.0 Å². The highest BCUT2D eigenvalue weighted by molar-refractivity contribution is 7.79. The molecule has 0 aromatic heterocycles. The van der Waals surface area contributed by atoms with Crippen molar-refractivity contribution in [3.63, 3.8) is 0 Å². The van der Waals surface area contributed by atoms with Crippen LogP contribution in [-0.4, -0.2) is 30.3 Å². The van der Waals surface area contributed by atoms with Gasteiger partial charge in [0.15, 0.2) is 0 Å². The first kappa shape index (κ1) is 16.7. The van der Waals surface area contributed by atoms with Crippen LogP contribution < -0.4 is 5.32 Å². The van der Waals surface area contributed by atoms with E-state index in [4.69, 9.17) is 0 Å². The van der Waals surface area contributed by atoms with Gasteiger partial charge in [0.2, 0.25) is 0 Å². The molecule has 1 aliphatic heterocycles. The molecule has 0 saturated carbocycles. The highest BCUT2D eigenvalue weighted by Crippen LogP contribution is 2.03. The Hall–Kier alpha value is 0.230. The number of rotatable bonds is 0. The van der Waals surface area contributed by atoms with Crippen LogP contribution in [-0.2, 0) is 0 Å². The Kier molecular flexibility index (Phi) is 19.9. The summed E-state index contributed by atoms with van der Waals surface area (Å²) in [7, 11) is 0. The fourth-order valence-corrected chi connectivity index (χ4v) is 0.799. The van der Waals surface area contributed by atoms with Crippen LogP contribution in [0.15, 0.2) is 0 Å². The second-order valence-electron chi connectivity index (χ2n) is 2.10. The predicted octanol–water partition coefficient (Wildman–Crippen LogP) is -0.488. The van der Waals surface area contributed by atoms with E-state index in [1.54, 1.807) is 6.26 Å². The Balaban J connectivity index is -0.000000114. The third-order valence-electron chi connectivity index (χ3n) is 1.31. The average Bonchev–Trinajstić information content (AvgIpc) is 2.24. The van der Waals surface area contributed by atoms with Gasteiger partial charge in [-0.05, 0) is 31.7 Å². The first-order valence-corrected chi connectivity index (χ1v) is 3.94. The Morgan fingerprint density at radius 2 is 1.80 bits per heavy atom. The standard InChI is InChI=1S/C5H11N.CH4S.2H2O/c1-5-2-3-6-4-5;1-2;;/h5-6H,2-4H2,1H3;2H,1H3;2*1H2. The Bertz CT molecular complexity index is 49.0. The van der Waals surface area contributed by atoms with Crippen molar-refractivity contribution in [1.82, 2.24) is 5.32 Å². The zero-order chi connectivity index (χ0) is 6.41. The lowest BCUT2D eigenvalue weighted by atomic mass is 10.2. The molecule has 1 atom stereocenters. The Morgan fingerprint density at radius 3 is 1.90 bits per heavy atom. The molecule has 1 fully saturated rings. The lowest BCUT2D eigenvalue weighted by Crippen LogP contribution is -2.06. The van der Waals surface area contributed by atoms with Gasteiger partial charge >= 0.3 is 0 Å². The van der Waals surface area contributed by atoms with E-state index in [-0.39, 0.29) is 11.0 Å². The van der Waals surface area contributed by atoms with Crippen LogP contribution in [0.4, 0.5) is 0 Å². The van der Waals surface area contributed by atoms with Gasteiger partial charge in [-0.25, -0.2) is 0 Å². The van der Waals surface area contributed by atoms with Crippen molar-refractivity contribution in [2.45, 2.75) is 13.3 Å². The Morgan fingerprint density at radius 1 is 1.30 bits per heavy atom. The van der Waals surface area contributed by atoms with E-state index >= 15 is 0 Å². The molecule has 0 amide bonds. The first-order valence-electron chi connectivity index (χ1n) is 3.05. The summed E-state index contributed by atoms with van der Waals surface area (Å²) in [5.41, 5.74) is 0. The molecule has 1 rings (SSSR count). The number of hydrogen-bond donors (Lipinski definition) is 2. The zero-order valence-electron chi connectivity index (χ0n) is 6.65. The van der Waals surface area contributed by atoms with E-state index in [2.05, 4.69) is 24.9 Å². The lowest BCUT2D eigenvalue weighted by Gasteiger charge is -1.90. The van der Waals surface area contributed by atoms with Crippen LogP contribution in [0.2, 0.25) is 0 Å². The highest BCUT2D eigenvalue weighted by Gasteiger charge is 2.06. The molecule has 66 valence electrons. The van der Waals surface area contributed by atoms with Gasteiger partial charge in [-0.2, -0.15) is 12.6 Å². The summed E-state index contributed by atoms with van der Waals surface area (Å²) < 4.78 is 0. The SMILES string of the molecule is CC1CCNC1.CS.O.O. The van der Waals surface area contributed by atoms with E-state index in [0.29, 0.717) is 0 Å². The monoisotopic (exact) mass is 169 g/mol. The molecule has 10 heavy (non-hydrogen) atoms. The van der Waals surface area contributed by atoms with Crippen molar-refractivity contribution in [2.75, 3.05) is 19.3 Å².